The number of likely N-dealkylation sites (N-methyl/N-ethyl adjacent to an activating group) is 1. The zero-order valence-corrected chi connectivity index (χ0v) is 12.7. The summed E-state index contributed by atoms with van der Waals surface area (Å²) < 4.78 is 0. The van der Waals surface area contributed by atoms with Gasteiger partial charge in [0.1, 0.15) is 0 Å². The first-order valence-electron chi connectivity index (χ1n) is 8.05. The lowest BCUT2D eigenvalue weighted by atomic mass is 9.98. The first kappa shape index (κ1) is 14.6. The molecule has 0 aromatic carbocycles. The molecule has 3 heterocycles. The van der Waals surface area contributed by atoms with E-state index in [9.17, 15) is 9.59 Å². The molecule has 6 heteroatoms. The predicted octanol–water partition coefficient (Wildman–Crippen LogP) is 1.07. The van der Waals surface area contributed by atoms with Crippen molar-refractivity contribution in [3.8, 4) is 0 Å². The Labute approximate surface area is 125 Å². The molecule has 2 unspecified atom stereocenters. The molecule has 1 N–H and O–H groups in total. The average molecular weight is 295 g/mol. The van der Waals surface area contributed by atoms with Crippen LogP contribution in [0.5, 0.6) is 0 Å². The number of piperidine rings is 1. The highest BCUT2D eigenvalue weighted by Crippen LogP contribution is 2.29. The van der Waals surface area contributed by atoms with Crippen molar-refractivity contribution in [1.29, 1.82) is 0 Å². The molecule has 3 saturated heterocycles. The number of aliphatic carboxylic acids is 1. The number of hydrogen-bond acceptors (Lipinski definition) is 3. The van der Waals surface area contributed by atoms with Gasteiger partial charge in [-0.1, -0.05) is 0 Å². The van der Waals surface area contributed by atoms with Crippen LogP contribution in [0.25, 0.3) is 0 Å². The number of carboxylic acids is 1. The zero-order chi connectivity index (χ0) is 15.0. The Morgan fingerprint density at radius 3 is 2.43 bits per heavy atom. The lowest BCUT2D eigenvalue weighted by Gasteiger charge is -2.36. The molecule has 2 bridgehead atoms. The Kier molecular flexibility index (Phi) is 4.06. The van der Waals surface area contributed by atoms with Gasteiger partial charge in [-0.2, -0.15) is 0 Å². The van der Waals surface area contributed by atoms with Crippen molar-refractivity contribution in [2.24, 2.45) is 5.92 Å². The van der Waals surface area contributed by atoms with Crippen molar-refractivity contribution < 1.29 is 14.7 Å². The van der Waals surface area contributed by atoms with E-state index in [1.165, 1.54) is 12.8 Å². The van der Waals surface area contributed by atoms with E-state index in [1.54, 1.807) is 4.90 Å². The van der Waals surface area contributed by atoms with Gasteiger partial charge in [0.2, 0.25) is 0 Å². The Balaban J connectivity index is 1.63. The largest absolute Gasteiger partial charge is 0.481 e. The summed E-state index contributed by atoms with van der Waals surface area (Å²) in [5, 5.41) is 9.16. The third kappa shape index (κ3) is 2.86. The van der Waals surface area contributed by atoms with Crippen LogP contribution in [0.3, 0.4) is 0 Å². The molecular formula is C15H25N3O3. The topological polar surface area (TPSA) is 64.1 Å². The molecule has 0 spiro atoms. The van der Waals surface area contributed by atoms with E-state index in [4.69, 9.17) is 5.11 Å². The van der Waals surface area contributed by atoms with Gasteiger partial charge < -0.3 is 14.9 Å². The van der Waals surface area contributed by atoms with E-state index < -0.39 is 11.9 Å². The molecule has 3 aliphatic heterocycles. The highest BCUT2D eigenvalue weighted by Gasteiger charge is 2.38. The van der Waals surface area contributed by atoms with Crippen LogP contribution in [0.4, 0.5) is 4.79 Å². The van der Waals surface area contributed by atoms with Gasteiger partial charge in [-0.15, -0.1) is 0 Å². The standard InChI is InChI=1S/C15H25N3O3/c1-16-12-4-5-13(16)10-18(8-6-12)15(21)17-7-2-3-11(9-17)14(19)20/h11-13H,2-10H2,1H3,(H,19,20)/t11-,12?,13?/m1/s1. The molecule has 3 fully saturated rings. The summed E-state index contributed by atoms with van der Waals surface area (Å²) in [5.41, 5.74) is 0. The van der Waals surface area contributed by atoms with E-state index in [1.807, 2.05) is 4.90 Å². The van der Waals surface area contributed by atoms with Crippen LogP contribution in [-0.4, -0.2) is 77.1 Å². The number of nitrogens with zero attached hydrogens (tertiary/aromatic N) is 3. The average Bonchev–Trinajstić information content (AvgIpc) is 2.71. The summed E-state index contributed by atoms with van der Waals surface area (Å²) in [6, 6.07) is 1.13. The smallest absolute Gasteiger partial charge is 0.320 e. The van der Waals surface area contributed by atoms with Gasteiger partial charge in [0.05, 0.1) is 5.92 Å². The van der Waals surface area contributed by atoms with Gasteiger partial charge >= 0.3 is 12.0 Å². The molecule has 21 heavy (non-hydrogen) atoms. The molecule has 0 aliphatic carbocycles. The van der Waals surface area contributed by atoms with E-state index >= 15 is 0 Å². The normalized spacial score (nSPS) is 33.9. The van der Waals surface area contributed by atoms with Gasteiger partial charge in [-0.25, -0.2) is 4.79 Å². The third-order valence-corrected chi connectivity index (χ3v) is 5.46. The van der Waals surface area contributed by atoms with Gasteiger partial charge in [0.25, 0.3) is 0 Å². The minimum Gasteiger partial charge on any atom is -0.481 e. The fourth-order valence-electron chi connectivity index (χ4n) is 4.03. The first-order chi connectivity index (χ1) is 10.1. The van der Waals surface area contributed by atoms with Crippen molar-refractivity contribution in [3.63, 3.8) is 0 Å². The highest BCUT2D eigenvalue weighted by atomic mass is 16.4. The maximum Gasteiger partial charge on any atom is 0.320 e. The van der Waals surface area contributed by atoms with Gasteiger partial charge in [0.15, 0.2) is 0 Å². The number of likely N-dealkylation sites (tertiary alicyclic amines) is 2. The van der Waals surface area contributed by atoms with E-state index in [-0.39, 0.29) is 6.03 Å². The lowest BCUT2D eigenvalue weighted by molar-refractivity contribution is -0.143. The molecule has 0 saturated carbocycles. The second-order valence-electron chi connectivity index (χ2n) is 6.69. The Hall–Kier alpha value is -1.30. The number of hydrogen-bond donors (Lipinski definition) is 1. The number of fused-ring (bicyclic) bond motifs is 2. The fourth-order valence-corrected chi connectivity index (χ4v) is 4.03. The Morgan fingerprint density at radius 2 is 1.67 bits per heavy atom. The second kappa shape index (κ2) is 5.83. The Morgan fingerprint density at radius 1 is 0.952 bits per heavy atom. The van der Waals surface area contributed by atoms with Crippen molar-refractivity contribution in [1.82, 2.24) is 14.7 Å². The second-order valence-corrected chi connectivity index (χ2v) is 6.69. The van der Waals surface area contributed by atoms with Crippen LogP contribution in [0, 0.1) is 5.92 Å². The van der Waals surface area contributed by atoms with Crippen LogP contribution >= 0.6 is 0 Å². The van der Waals surface area contributed by atoms with Crippen molar-refractivity contribution in [3.05, 3.63) is 0 Å². The molecule has 2 amide bonds. The zero-order valence-electron chi connectivity index (χ0n) is 12.7. The number of carbonyl (C=O) groups is 2. The van der Waals surface area contributed by atoms with Gasteiger partial charge in [-0.3, -0.25) is 9.69 Å². The third-order valence-electron chi connectivity index (χ3n) is 5.46. The summed E-state index contributed by atoms with van der Waals surface area (Å²) in [6.07, 6.45) is 4.93. The summed E-state index contributed by atoms with van der Waals surface area (Å²) in [5.74, 6) is -1.17. The molecule has 0 aromatic rings. The van der Waals surface area contributed by atoms with E-state index in [0.717, 1.165) is 25.9 Å². The Bertz CT molecular complexity index is 428. The molecule has 0 radical (unpaired) electrons. The number of carboxylic acid groups (broad SMARTS) is 1. The molecular weight excluding hydrogens is 270 g/mol. The maximum atomic E-state index is 12.7. The fraction of sp³-hybridized carbons (Fsp3) is 0.867. The molecule has 6 nitrogen and oxygen atoms in total. The summed E-state index contributed by atoms with van der Waals surface area (Å²) >= 11 is 0. The highest BCUT2D eigenvalue weighted by molar-refractivity contribution is 5.76. The van der Waals surface area contributed by atoms with Crippen LogP contribution in [0.2, 0.25) is 0 Å². The molecule has 3 atom stereocenters. The van der Waals surface area contributed by atoms with Crippen molar-refractivity contribution >= 4 is 12.0 Å². The first-order valence-corrected chi connectivity index (χ1v) is 8.05. The summed E-state index contributed by atoms with van der Waals surface area (Å²) in [7, 11) is 2.16. The van der Waals surface area contributed by atoms with E-state index in [0.29, 0.717) is 31.6 Å². The van der Waals surface area contributed by atoms with Crippen LogP contribution in [0.1, 0.15) is 32.1 Å². The molecule has 0 aromatic heterocycles. The molecule has 3 rings (SSSR count). The maximum absolute atomic E-state index is 12.7. The van der Waals surface area contributed by atoms with Crippen molar-refractivity contribution in [2.75, 3.05) is 33.2 Å². The number of amides is 2. The number of urea groups is 1. The van der Waals surface area contributed by atoms with Crippen LogP contribution in [-0.2, 0) is 4.79 Å². The molecule has 3 aliphatic rings. The predicted molar refractivity (Wildman–Crippen MR) is 78.1 cm³/mol. The van der Waals surface area contributed by atoms with Crippen LogP contribution < -0.4 is 0 Å². The quantitative estimate of drug-likeness (QED) is 0.786. The number of carbonyl (C=O) groups excluding carboxylic acids is 1. The number of rotatable bonds is 1. The minimum atomic E-state index is -0.776. The monoisotopic (exact) mass is 295 g/mol. The SMILES string of the molecule is CN1C2CCC1CN(C(=O)N1CCC[C@@H](C(=O)O)C1)CC2. The summed E-state index contributed by atoms with van der Waals surface area (Å²) in [4.78, 5) is 30.0. The summed E-state index contributed by atoms with van der Waals surface area (Å²) in [6.45, 7) is 2.66. The van der Waals surface area contributed by atoms with Crippen molar-refractivity contribution in [2.45, 2.75) is 44.2 Å². The van der Waals surface area contributed by atoms with Gasteiger partial charge in [0, 0.05) is 38.3 Å². The molecule has 118 valence electrons. The van der Waals surface area contributed by atoms with E-state index in [2.05, 4.69) is 11.9 Å². The lowest BCUT2D eigenvalue weighted by Crippen LogP contribution is -2.50. The van der Waals surface area contributed by atoms with Gasteiger partial charge in [-0.05, 0) is 39.2 Å². The van der Waals surface area contributed by atoms with Crippen LogP contribution in [0.15, 0.2) is 0 Å². The minimum absolute atomic E-state index is 0.0434.